The number of carbonyl (C=O) groups excluding carboxylic acids is 1. The molecule has 1 heterocycles. The van der Waals surface area contributed by atoms with Crippen molar-refractivity contribution in [1.82, 2.24) is 4.90 Å². The van der Waals surface area contributed by atoms with E-state index in [9.17, 15) is 4.79 Å². The Hall–Kier alpha value is 0.0795. The number of carbonyl (C=O) groups is 1. The van der Waals surface area contributed by atoms with Crippen molar-refractivity contribution >= 4 is 37.0 Å². The topological polar surface area (TPSA) is 20.3 Å². The minimum absolute atomic E-state index is 0.211. The maximum atomic E-state index is 10.9. The van der Waals surface area contributed by atoms with E-state index in [1.807, 2.05) is 6.92 Å². The van der Waals surface area contributed by atoms with Gasteiger partial charge in [0, 0.05) is 0 Å². The van der Waals surface area contributed by atoms with Gasteiger partial charge in [0.1, 0.15) is 0 Å². The van der Waals surface area contributed by atoms with E-state index in [4.69, 9.17) is 12.2 Å². The zero-order valence-electron chi connectivity index (χ0n) is 5.09. The van der Waals surface area contributed by atoms with E-state index in [0.717, 1.165) is 10.4 Å². The van der Waals surface area contributed by atoms with Crippen LogP contribution in [0.3, 0.4) is 0 Å². The van der Waals surface area contributed by atoms with Gasteiger partial charge in [-0.2, -0.15) is 0 Å². The second-order valence-electron chi connectivity index (χ2n) is 1.69. The first-order valence-corrected chi connectivity index (χ1v) is 5.20. The van der Waals surface area contributed by atoms with Crippen LogP contribution in [0.4, 0.5) is 0 Å². The molecule has 0 spiro atoms. The Labute approximate surface area is 65.8 Å². The van der Waals surface area contributed by atoms with Crippen molar-refractivity contribution in [3.05, 3.63) is 0 Å². The number of hydrogen-bond acceptors (Lipinski definition) is 2. The first kappa shape index (κ1) is 7.19. The fourth-order valence-corrected chi connectivity index (χ4v) is 2.88. The Morgan fingerprint density at radius 3 is 2.78 bits per heavy atom. The molecule has 0 aromatic heterocycles. The molecule has 1 saturated heterocycles. The zero-order chi connectivity index (χ0) is 6.85. The van der Waals surface area contributed by atoms with Gasteiger partial charge in [-0.05, 0) is 0 Å². The fourth-order valence-electron chi connectivity index (χ4n) is 0.687. The van der Waals surface area contributed by atoms with Crippen LogP contribution in [0.2, 0.25) is 5.32 Å². The molecular formula is C5H7NOSSe. The maximum absolute atomic E-state index is 10.9. The van der Waals surface area contributed by atoms with Gasteiger partial charge < -0.3 is 0 Å². The van der Waals surface area contributed by atoms with Crippen molar-refractivity contribution in [2.24, 2.45) is 0 Å². The van der Waals surface area contributed by atoms with Gasteiger partial charge in [0.2, 0.25) is 0 Å². The second-order valence-corrected chi connectivity index (χ2v) is 4.69. The van der Waals surface area contributed by atoms with Crippen LogP contribution in [0.15, 0.2) is 0 Å². The van der Waals surface area contributed by atoms with Gasteiger partial charge in [-0.15, -0.1) is 0 Å². The Morgan fingerprint density at radius 2 is 2.56 bits per heavy atom. The van der Waals surface area contributed by atoms with Gasteiger partial charge in [-0.3, -0.25) is 0 Å². The summed E-state index contributed by atoms with van der Waals surface area (Å²) in [5.41, 5.74) is 0. The summed E-state index contributed by atoms with van der Waals surface area (Å²) in [7, 11) is 0. The molecule has 50 valence electrons. The number of rotatable bonds is 1. The molecular weight excluding hydrogens is 201 g/mol. The van der Waals surface area contributed by atoms with Crippen LogP contribution in [-0.4, -0.2) is 36.2 Å². The predicted octanol–water partition coefficient (Wildman–Crippen LogP) is 0.256. The first-order valence-electron chi connectivity index (χ1n) is 2.73. The Kier molecular flexibility index (Phi) is 2.22. The van der Waals surface area contributed by atoms with Crippen LogP contribution in [0, 0.1) is 0 Å². The molecule has 0 radical (unpaired) electrons. The zero-order valence-corrected chi connectivity index (χ0v) is 7.62. The van der Waals surface area contributed by atoms with E-state index in [-0.39, 0.29) is 20.9 Å². The van der Waals surface area contributed by atoms with Crippen molar-refractivity contribution in [3.8, 4) is 0 Å². The summed E-state index contributed by atoms with van der Waals surface area (Å²) >= 11 is 5.23. The molecule has 1 aliphatic heterocycles. The van der Waals surface area contributed by atoms with Crippen LogP contribution in [-0.2, 0) is 4.79 Å². The second kappa shape index (κ2) is 2.78. The van der Waals surface area contributed by atoms with Gasteiger partial charge in [-0.25, -0.2) is 0 Å². The van der Waals surface area contributed by atoms with Crippen molar-refractivity contribution < 1.29 is 4.79 Å². The van der Waals surface area contributed by atoms with E-state index < -0.39 is 0 Å². The van der Waals surface area contributed by atoms with Crippen LogP contribution in [0.5, 0.6) is 0 Å². The SMILES string of the molecule is CCN1C(=O)C[Se]C1=S. The number of amides is 1. The molecule has 0 aromatic carbocycles. The summed E-state index contributed by atoms with van der Waals surface area (Å²) in [5.74, 6) is 0.211. The average molecular weight is 208 g/mol. The summed E-state index contributed by atoms with van der Waals surface area (Å²) in [6, 6.07) is 0. The van der Waals surface area contributed by atoms with Crippen molar-refractivity contribution in [1.29, 1.82) is 0 Å². The van der Waals surface area contributed by atoms with E-state index in [1.54, 1.807) is 4.90 Å². The summed E-state index contributed by atoms with van der Waals surface area (Å²) in [5, 5.41) is 0.680. The molecule has 0 aliphatic carbocycles. The Bertz CT molecular complexity index is 143. The molecule has 0 bridgehead atoms. The summed E-state index contributed by atoms with van der Waals surface area (Å²) < 4.78 is 0.870. The van der Waals surface area contributed by atoms with Gasteiger partial charge in [0.05, 0.1) is 0 Å². The fraction of sp³-hybridized carbons (Fsp3) is 0.600. The molecule has 0 atom stereocenters. The van der Waals surface area contributed by atoms with E-state index in [1.165, 1.54) is 0 Å². The Morgan fingerprint density at radius 1 is 1.89 bits per heavy atom. The summed E-state index contributed by atoms with van der Waals surface area (Å²) in [6.45, 7) is 2.70. The quantitative estimate of drug-likeness (QED) is 0.455. The van der Waals surface area contributed by atoms with Gasteiger partial charge in [-0.1, -0.05) is 0 Å². The van der Waals surface area contributed by atoms with Crippen molar-refractivity contribution in [2.45, 2.75) is 12.2 Å². The van der Waals surface area contributed by atoms with Crippen LogP contribution >= 0.6 is 12.2 Å². The molecule has 2 nitrogen and oxygen atoms in total. The van der Waals surface area contributed by atoms with E-state index >= 15 is 0 Å². The average Bonchev–Trinajstić information content (AvgIpc) is 2.12. The third-order valence-electron chi connectivity index (χ3n) is 1.16. The molecule has 0 aromatic rings. The molecule has 9 heavy (non-hydrogen) atoms. The molecule has 0 unspecified atom stereocenters. The molecule has 1 fully saturated rings. The van der Waals surface area contributed by atoms with Gasteiger partial charge in [0.15, 0.2) is 0 Å². The first-order chi connectivity index (χ1) is 4.25. The van der Waals surface area contributed by atoms with Gasteiger partial charge >= 0.3 is 65.5 Å². The molecule has 1 aliphatic rings. The van der Waals surface area contributed by atoms with Crippen molar-refractivity contribution in [3.63, 3.8) is 0 Å². The number of nitrogens with zero attached hydrogens (tertiary/aromatic N) is 1. The summed E-state index contributed by atoms with van der Waals surface area (Å²) in [6.07, 6.45) is 0. The van der Waals surface area contributed by atoms with Crippen LogP contribution in [0.25, 0.3) is 0 Å². The summed E-state index contributed by atoms with van der Waals surface area (Å²) in [4.78, 5) is 12.6. The number of thiocarbonyl (C=S) groups is 1. The minimum atomic E-state index is 0.211. The predicted molar refractivity (Wildman–Crippen MR) is 40.5 cm³/mol. The molecule has 0 N–H and O–H groups in total. The van der Waals surface area contributed by atoms with Crippen LogP contribution < -0.4 is 0 Å². The van der Waals surface area contributed by atoms with Crippen LogP contribution in [0.1, 0.15) is 6.92 Å². The third-order valence-corrected chi connectivity index (χ3v) is 3.79. The molecule has 4 heteroatoms. The third kappa shape index (κ3) is 1.31. The van der Waals surface area contributed by atoms with Gasteiger partial charge in [0.25, 0.3) is 0 Å². The number of hydrogen-bond donors (Lipinski definition) is 0. The standard InChI is InChI=1S/C5H7NOSSe/c1-2-6-4(7)3-9-5(6)8/h2-3H2,1H3. The Balaban J connectivity index is 2.66. The molecule has 1 amide bonds. The normalized spacial score (nSPS) is 19.4. The van der Waals surface area contributed by atoms with Crippen molar-refractivity contribution in [2.75, 3.05) is 6.54 Å². The van der Waals surface area contributed by atoms with E-state index in [0.29, 0.717) is 5.32 Å². The monoisotopic (exact) mass is 209 g/mol. The van der Waals surface area contributed by atoms with E-state index in [2.05, 4.69) is 0 Å². The molecule has 1 rings (SSSR count). The molecule has 0 saturated carbocycles.